The quantitative estimate of drug-likeness (QED) is 0.850. The summed E-state index contributed by atoms with van der Waals surface area (Å²) in [5, 5.41) is 3.01. The molecule has 2 aromatic carbocycles. The van der Waals surface area contributed by atoms with E-state index in [0.29, 0.717) is 12.0 Å². The summed E-state index contributed by atoms with van der Waals surface area (Å²) in [5.41, 5.74) is 1.19. The average molecular weight is 275 g/mol. The number of benzene rings is 2. The molecule has 0 saturated heterocycles. The molecule has 0 bridgehead atoms. The minimum Gasteiger partial charge on any atom is -0.319 e. The monoisotopic (exact) mass is 275 g/mol. The number of likely N-dealkylation sites (N-methyl/N-ethyl adjacent to an activating group) is 1. The summed E-state index contributed by atoms with van der Waals surface area (Å²) in [7, 11) is 1.82. The van der Waals surface area contributed by atoms with Gasteiger partial charge in [-0.05, 0) is 37.7 Å². The lowest BCUT2D eigenvalue weighted by Crippen LogP contribution is -2.14. The normalized spacial score (nSPS) is 10.6. The van der Waals surface area contributed by atoms with Gasteiger partial charge in [0.05, 0.1) is 5.56 Å². The molecule has 0 fully saturated rings. The highest BCUT2D eigenvalue weighted by Gasteiger charge is 2.17. The van der Waals surface area contributed by atoms with Gasteiger partial charge in [0.25, 0.3) is 0 Å². The van der Waals surface area contributed by atoms with E-state index in [4.69, 9.17) is 0 Å². The molecule has 2 aromatic rings. The smallest absolute Gasteiger partial charge is 0.196 e. The van der Waals surface area contributed by atoms with Crippen molar-refractivity contribution in [3.8, 4) is 0 Å². The number of nitrogens with one attached hydrogen (secondary N) is 1. The van der Waals surface area contributed by atoms with Crippen LogP contribution in [-0.2, 0) is 6.42 Å². The molecule has 0 spiro atoms. The maximum atomic E-state index is 13.7. The predicted octanol–water partition coefficient (Wildman–Crippen LogP) is 2.96. The zero-order valence-corrected chi connectivity index (χ0v) is 11.1. The zero-order chi connectivity index (χ0) is 14.5. The molecular weight excluding hydrogens is 260 g/mol. The van der Waals surface area contributed by atoms with E-state index in [1.165, 1.54) is 6.07 Å². The van der Waals surface area contributed by atoms with Crippen LogP contribution in [0.15, 0.2) is 42.5 Å². The predicted molar refractivity (Wildman–Crippen MR) is 73.9 cm³/mol. The molecule has 0 atom stereocenters. The van der Waals surface area contributed by atoms with Crippen molar-refractivity contribution in [2.24, 2.45) is 0 Å². The summed E-state index contributed by atoms with van der Waals surface area (Å²) in [5.74, 6) is -1.95. The second-order valence-electron chi connectivity index (χ2n) is 4.46. The van der Waals surface area contributed by atoms with Crippen molar-refractivity contribution < 1.29 is 13.6 Å². The Hall–Kier alpha value is -2.07. The van der Waals surface area contributed by atoms with Gasteiger partial charge in [0.15, 0.2) is 5.78 Å². The van der Waals surface area contributed by atoms with E-state index in [2.05, 4.69) is 5.32 Å². The molecule has 0 aromatic heterocycles. The molecule has 0 amide bonds. The molecule has 0 unspecified atom stereocenters. The number of carbonyl (C=O) groups is 1. The average Bonchev–Trinajstić information content (AvgIpc) is 2.45. The van der Waals surface area contributed by atoms with Gasteiger partial charge >= 0.3 is 0 Å². The summed E-state index contributed by atoms with van der Waals surface area (Å²) < 4.78 is 26.6. The second kappa shape index (κ2) is 6.39. The van der Waals surface area contributed by atoms with Gasteiger partial charge in [-0.3, -0.25) is 4.79 Å². The van der Waals surface area contributed by atoms with Crippen molar-refractivity contribution in [3.63, 3.8) is 0 Å². The lowest BCUT2D eigenvalue weighted by atomic mass is 9.96. The minimum atomic E-state index is -0.835. The molecular formula is C16H15F2NO. The Morgan fingerprint density at radius 3 is 2.55 bits per heavy atom. The number of carbonyl (C=O) groups excluding carboxylic acids is 1. The molecule has 0 heterocycles. The van der Waals surface area contributed by atoms with Crippen LogP contribution in [0.2, 0.25) is 0 Å². The molecule has 0 saturated carbocycles. The van der Waals surface area contributed by atoms with Crippen molar-refractivity contribution in [3.05, 3.63) is 70.8 Å². The van der Waals surface area contributed by atoms with Gasteiger partial charge in [0, 0.05) is 11.6 Å². The third kappa shape index (κ3) is 3.08. The van der Waals surface area contributed by atoms with Gasteiger partial charge in [0.2, 0.25) is 0 Å². The Morgan fingerprint density at radius 2 is 1.85 bits per heavy atom. The van der Waals surface area contributed by atoms with E-state index in [0.717, 1.165) is 24.2 Å². The Morgan fingerprint density at radius 1 is 1.10 bits per heavy atom. The number of ketones is 1. The largest absolute Gasteiger partial charge is 0.319 e. The van der Waals surface area contributed by atoms with Crippen molar-refractivity contribution in [2.75, 3.05) is 13.6 Å². The fourth-order valence-corrected chi connectivity index (χ4v) is 2.04. The third-order valence-corrected chi connectivity index (χ3v) is 3.08. The summed E-state index contributed by atoms with van der Waals surface area (Å²) in [6, 6.07) is 10.1. The van der Waals surface area contributed by atoms with Gasteiger partial charge in [-0.1, -0.05) is 24.3 Å². The second-order valence-corrected chi connectivity index (χ2v) is 4.46. The van der Waals surface area contributed by atoms with Crippen LogP contribution in [0.25, 0.3) is 0 Å². The van der Waals surface area contributed by atoms with E-state index in [-0.39, 0.29) is 5.56 Å². The summed E-state index contributed by atoms with van der Waals surface area (Å²) in [6.45, 7) is 0.718. The summed E-state index contributed by atoms with van der Waals surface area (Å²) in [4.78, 5) is 12.4. The van der Waals surface area contributed by atoms with Crippen LogP contribution in [0.3, 0.4) is 0 Å². The first kappa shape index (κ1) is 14.3. The van der Waals surface area contributed by atoms with Crippen molar-refractivity contribution in [1.29, 1.82) is 0 Å². The topological polar surface area (TPSA) is 29.1 Å². The highest BCUT2D eigenvalue weighted by atomic mass is 19.1. The van der Waals surface area contributed by atoms with Crippen LogP contribution in [0, 0.1) is 11.6 Å². The number of halogens is 2. The number of rotatable bonds is 5. The Balaban J connectivity index is 2.38. The first-order chi connectivity index (χ1) is 9.63. The molecule has 104 valence electrons. The molecule has 0 radical (unpaired) electrons. The van der Waals surface area contributed by atoms with Crippen LogP contribution in [0.1, 0.15) is 21.5 Å². The molecule has 4 heteroatoms. The van der Waals surface area contributed by atoms with Gasteiger partial charge in [-0.2, -0.15) is 0 Å². The fourth-order valence-electron chi connectivity index (χ4n) is 2.04. The van der Waals surface area contributed by atoms with Crippen molar-refractivity contribution >= 4 is 5.78 Å². The van der Waals surface area contributed by atoms with Crippen LogP contribution in [0.5, 0.6) is 0 Å². The summed E-state index contributed by atoms with van der Waals surface area (Å²) >= 11 is 0. The Kier molecular flexibility index (Phi) is 4.58. The van der Waals surface area contributed by atoms with Crippen LogP contribution in [-0.4, -0.2) is 19.4 Å². The zero-order valence-electron chi connectivity index (χ0n) is 11.1. The fraction of sp³-hybridized carbons (Fsp3) is 0.188. The maximum absolute atomic E-state index is 13.7. The SMILES string of the molecule is CNCCc1ccccc1C(=O)c1ccc(F)cc1F. The molecule has 0 aliphatic carbocycles. The van der Waals surface area contributed by atoms with E-state index < -0.39 is 17.4 Å². The number of hydrogen-bond acceptors (Lipinski definition) is 2. The van der Waals surface area contributed by atoms with Gasteiger partial charge < -0.3 is 5.32 Å². The van der Waals surface area contributed by atoms with Crippen molar-refractivity contribution in [1.82, 2.24) is 5.32 Å². The van der Waals surface area contributed by atoms with Crippen LogP contribution >= 0.6 is 0 Å². The maximum Gasteiger partial charge on any atom is 0.196 e. The molecule has 0 aliphatic heterocycles. The van der Waals surface area contributed by atoms with Gasteiger partial charge in [-0.15, -0.1) is 0 Å². The van der Waals surface area contributed by atoms with Crippen molar-refractivity contribution in [2.45, 2.75) is 6.42 Å². The minimum absolute atomic E-state index is 0.108. The molecule has 20 heavy (non-hydrogen) atoms. The lowest BCUT2D eigenvalue weighted by Gasteiger charge is -2.09. The van der Waals surface area contributed by atoms with Crippen LogP contribution in [0.4, 0.5) is 8.78 Å². The Labute approximate surface area is 116 Å². The lowest BCUT2D eigenvalue weighted by molar-refractivity contribution is 0.103. The molecule has 2 nitrogen and oxygen atoms in total. The van der Waals surface area contributed by atoms with Crippen LogP contribution < -0.4 is 5.32 Å². The highest BCUT2D eigenvalue weighted by Crippen LogP contribution is 2.18. The van der Waals surface area contributed by atoms with Gasteiger partial charge in [-0.25, -0.2) is 8.78 Å². The van der Waals surface area contributed by atoms with Gasteiger partial charge in [0.1, 0.15) is 11.6 Å². The van der Waals surface area contributed by atoms with E-state index in [1.54, 1.807) is 12.1 Å². The van der Waals surface area contributed by atoms with E-state index in [9.17, 15) is 13.6 Å². The molecule has 2 rings (SSSR count). The molecule has 1 N–H and O–H groups in total. The highest BCUT2D eigenvalue weighted by molar-refractivity contribution is 6.10. The number of hydrogen-bond donors (Lipinski definition) is 1. The Bertz CT molecular complexity index is 626. The summed E-state index contributed by atoms with van der Waals surface area (Å²) in [6.07, 6.45) is 0.668. The standard InChI is InChI=1S/C16H15F2NO/c1-19-9-8-11-4-2-3-5-13(11)16(20)14-7-6-12(17)10-15(14)18/h2-7,10,19H,8-9H2,1H3. The first-order valence-corrected chi connectivity index (χ1v) is 6.35. The third-order valence-electron chi connectivity index (χ3n) is 3.08. The van der Waals surface area contributed by atoms with E-state index >= 15 is 0 Å². The molecule has 0 aliphatic rings. The first-order valence-electron chi connectivity index (χ1n) is 6.35. The van der Waals surface area contributed by atoms with E-state index in [1.807, 2.05) is 19.2 Å².